The molecule has 0 fully saturated rings. The molecule has 1 amide bonds. The van der Waals surface area contributed by atoms with E-state index in [0.717, 1.165) is 12.1 Å². The fraction of sp³-hybridized carbons (Fsp3) is 0.192. The Morgan fingerprint density at radius 2 is 1.50 bits per heavy atom. The number of benzene rings is 3. The van der Waals surface area contributed by atoms with E-state index in [2.05, 4.69) is 10.1 Å². The predicted octanol–water partition coefficient (Wildman–Crippen LogP) is 5.49. The minimum absolute atomic E-state index is 0.178. The number of nitrogens with zero attached hydrogens (tertiary/aromatic N) is 4. The first-order chi connectivity index (χ1) is 17.2. The molecule has 4 aromatic rings. The molecule has 2 heterocycles. The Bertz CT molecular complexity index is 1410. The van der Waals surface area contributed by atoms with Gasteiger partial charge in [0.15, 0.2) is 11.6 Å². The van der Waals surface area contributed by atoms with E-state index in [1.54, 1.807) is 4.90 Å². The van der Waals surface area contributed by atoms with Crippen molar-refractivity contribution in [3.05, 3.63) is 95.1 Å². The zero-order chi connectivity index (χ0) is 25.4. The lowest BCUT2D eigenvalue weighted by molar-refractivity contribution is -0.138. The Balaban J connectivity index is 1.41. The van der Waals surface area contributed by atoms with Crippen LogP contribution in [-0.4, -0.2) is 32.1 Å². The summed E-state index contributed by atoms with van der Waals surface area (Å²) >= 11 is 0. The summed E-state index contributed by atoms with van der Waals surface area (Å²) in [5, 5.41) is 4.44. The van der Waals surface area contributed by atoms with Crippen LogP contribution < -0.4 is 0 Å². The minimum Gasteiger partial charge on any atom is -0.336 e. The number of fused-ring (bicyclic) bond motifs is 1. The van der Waals surface area contributed by atoms with Crippen LogP contribution in [0.3, 0.4) is 0 Å². The van der Waals surface area contributed by atoms with Crippen molar-refractivity contribution in [2.24, 2.45) is 0 Å². The predicted molar refractivity (Wildman–Crippen MR) is 121 cm³/mol. The fourth-order valence-electron chi connectivity index (χ4n) is 4.16. The van der Waals surface area contributed by atoms with E-state index in [0.29, 0.717) is 34.5 Å². The van der Waals surface area contributed by atoms with Crippen LogP contribution in [0.2, 0.25) is 0 Å². The van der Waals surface area contributed by atoms with Gasteiger partial charge in [0, 0.05) is 24.2 Å². The normalized spacial score (nSPS) is 13.5. The fourth-order valence-corrected chi connectivity index (χ4v) is 4.16. The van der Waals surface area contributed by atoms with Gasteiger partial charge < -0.3 is 4.90 Å². The number of amides is 1. The summed E-state index contributed by atoms with van der Waals surface area (Å²) in [5.74, 6) is -0.541. The van der Waals surface area contributed by atoms with Crippen molar-refractivity contribution in [3.8, 4) is 22.8 Å². The van der Waals surface area contributed by atoms with Crippen LogP contribution >= 0.6 is 0 Å². The first-order valence-electron chi connectivity index (χ1n) is 11.1. The average Bonchev–Trinajstić information content (AvgIpc) is 3.27. The summed E-state index contributed by atoms with van der Waals surface area (Å²) in [4.78, 5) is 19.2. The molecule has 1 aromatic heterocycles. The summed E-state index contributed by atoms with van der Waals surface area (Å²) in [6.07, 6.45) is -4.12. The van der Waals surface area contributed by atoms with Crippen LogP contribution in [-0.2, 0) is 30.5 Å². The number of rotatable bonds is 4. The Labute approximate surface area is 202 Å². The van der Waals surface area contributed by atoms with Gasteiger partial charge >= 0.3 is 6.18 Å². The summed E-state index contributed by atoms with van der Waals surface area (Å²) in [5.41, 5.74) is 1.60. The second kappa shape index (κ2) is 9.18. The third-order valence-electron chi connectivity index (χ3n) is 6.06. The van der Waals surface area contributed by atoms with Crippen molar-refractivity contribution in [1.82, 2.24) is 19.7 Å². The smallest absolute Gasteiger partial charge is 0.336 e. The number of hydrogen-bond donors (Lipinski definition) is 0. The van der Waals surface area contributed by atoms with Gasteiger partial charge in [-0.2, -0.15) is 13.2 Å². The third kappa shape index (κ3) is 4.84. The van der Waals surface area contributed by atoms with E-state index in [9.17, 15) is 26.7 Å². The van der Waals surface area contributed by atoms with E-state index in [1.165, 1.54) is 59.3 Å². The molecule has 0 aliphatic carbocycles. The van der Waals surface area contributed by atoms with Gasteiger partial charge in [0.05, 0.1) is 5.56 Å². The molecule has 0 unspecified atom stereocenters. The number of aromatic nitrogens is 3. The Morgan fingerprint density at radius 3 is 2.14 bits per heavy atom. The van der Waals surface area contributed by atoms with Crippen molar-refractivity contribution in [2.45, 2.75) is 25.7 Å². The van der Waals surface area contributed by atoms with Crippen LogP contribution in [0.4, 0.5) is 22.0 Å². The van der Waals surface area contributed by atoms with Crippen molar-refractivity contribution < 1.29 is 26.7 Å². The highest BCUT2D eigenvalue weighted by atomic mass is 19.4. The Kier molecular flexibility index (Phi) is 6.03. The van der Waals surface area contributed by atoms with Crippen LogP contribution in [0.25, 0.3) is 22.8 Å². The quantitative estimate of drug-likeness (QED) is 0.350. The van der Waals surface area contributed by atoms with Crippen LogP contribution in [0.15, 0.2) is 66.7 Å². The van der Waals surface area contributed by atoms with Gasteiger partial charge in [-0.1, -0.05) is 6.07 Å². The average molecular weight is 498 g/mol. The molecule has 184 valence electrons. The molecule has 0 saturated heterocycles. The molecule has 3 aromatic carbocycles. The standard InChI is InChI=1S/C26H19F5N4O/c27-21-7-2-16(3-8-21)24-32-25(17-4-9-22(28)10-5-17)35(33-24)15-23(36)34-12-11-18-13-20(26(29,30)31)6-1-19(18)14-34/h1-10,13H,11-12,14-15H2. The molecular formula is C26H19F5N4O. The molecule has 5 nitrogen and oxygen atoms in total. The van der Waals surface area contributed by atoms with Crippen molar-refractivity contribution in [3.63, 3.8) is 0 Å². The summed E-state index contributed by atoms with van der Waals surface area (Å²) < 4.78 is 67.3. The van der Waals surface area contributed by atoms with E-state index in [-0.39, 0.29) is 31.4 Å². The van der Waals surface area contributed by atoms with Crippen LogP contribution in [0.1, 0.15) is 16.7 Å². The number of carbonyl (C=O) groups excluding carboxylic acids is 1. The second-order valence-corrected chi connectivity index (χ2v) is 8.48. The van der Waals surface area contributed by atoms with Crippen LogP contribution in [0, 0.1) is 11.6 Å². The topological polar surface area (TPSA) is 51.0 Å². The largest absolute Gasteiger partial charge is 0.416 e. The van der Waals surface area contributed by atoms with Crippen molar-refractivity contribution in [2.75, 3.05) is 6.54 Å². The molecule has 5 rings (SSSR count). The monoisotopic (exact) mass is 498 g/mol. The lowest BCUT2D eigenvalue weighted by Gasteiger charge is -2.29. The second-order valence-electron chi connectivity index (χ2n) is 8.48. The molecule has 0 spiro atoms. The zero-order valence-electron chi connectivity index (χ0n) is 18.8. The lowest BCUT2D eigenvalue weighted by Crippen LogP contribution is -2.38. The number of halogens is 5. The van der Waals surface area contributed by atoms with Gasteiger partial charge in [0.25, 0.3) is 0 Å². The summed E-state index contributed by atoms with van der Waals surface area (Å²) in [6.45, 7) is 0.257. The number of hydrogen-bond acceptors (Lipinski definition) is 3. The molecule has 0 radical (unpaired) electrons. The van der Waals surface area contributed by atoms with E-state index < -0.39 is 23.4 Å². The van der Waals surface area contributed by atoms with Crippen molar-refractivity contribution in [1.29, 1.82) is 0 Å². The van der Waals surface area contributed by atoms with Gasteiger partial charge in [-0.3, -0.25) is 4.79 Å². The summed E-state index contributed by atoms with van der Waals surface area (Å²) in [7, 11) is 0. The first kappa shape index (κ1) is 23.7. The maximum absolute atomic E-state index is 13.5. The first-order valence-corrected chi connectivity index (χ1v) is 11.1. The highest BCUT2D eigenvalue weighted by molar-refractivity contribution is 5.77. The molecule has 0 N–H and O–H groups in total. The van der Waals surface area contributed by atoms with Gasteiger partial charge in [-0.05, 0) is 78.2 Å². The summed E-state index contributed by atoms with van der Waals surface area (Å²) in [6, 6.07) is 14.7. The zero-order valence-corrected chi connectivity index (χ0v) is 18.8. The molecule has 1 aliphatic rings. The molecule has 10 heteroatoms. The van der Waals surface area contributed by atoms with Crippen molar-refractivity contribution >= 4 is 5.91 Å². The molecule has 0 saturated carbocycles. The highest BCUT2D eigenvalue weighted by Crippen LogP contribution is 2.32. The third-order valence-corrected chi connectivity index (χ3v) is 6.06. The molecule has 1 aliphatic heterocycles. The molecule has 0 atom stereocenters. The van der Waals surface area contributed by atoms with E-state index in [4.69, 9.17) is 0 Å². The minimum atomic E-state index is -4.42. The van der Waals surface area contributed by atoms with Crippen LogP contribution in [0.5, 0.6) is 0 Å². The maximum Gasteiger partial charge on any atom is 0.416 e. The SMILES string of the molecule is O=C(Cn1nc(-c2ccc(F)cc2)nc1-c1ccc(F)cc1)N1CCc2cc(C(F)(F)F)ccc2C1. The Morgan fingerprint density at radius 1 is 0.861 bits per heavy atom. The molecular weight excluding hydrogens is 479 g/mol. The molecule has 0 bridgehead atoms. The molecule has 36 heavy (non-hydrogen) atoms. The highest BCUT2D eigenvalue weighted by Gasteiger charge is 2.32. The Hall–Kier alpha value is -4.08. The van der Waals surface area contributed by atoms with Gasteiger partial charge in [-0.15, -0.1) is 5.10 Å². The number of carbonyl (C=O) groups is 1. The maximum atomic E-state index is 13.5. The van der Waals surface area contributed by atoms with Gasteiger partial charge in [0.2, 0.25) is 5.91 Å². The number of alkyl halides is 3. The van der Waals surface area contributed by atoms with Gasteiger partial charge in [-0.25, -0.2) is 18.4 Å². The van der Waals surface area contributed by atoms with E-state index in [1.807, 2.05) is 0 Å². The van der Waals surface area contributed by atoms with E-state index >= 15 is 0 Å². The lowest BCUT2D eigenvalue weighted by atomic mass is 9.97. The van der Waals surface area contributed by atoms with Gasteiger partial charge in [0.1, 0.15) is 18.2 Å².